The maximum absolute atomic E-state index is 12.8. The number of benzene rings is 1. The van der Waals surface area contributed by atoms with Gasteiger partial charge in [-0.3, -0.25) is 0 Å². The Morgan fingerprint density at radius 3 is 2.58 bits per heavy atom. The van der Waals surface area contributed by atoms with Gasteiger partial charge >= 0.3 is 12.3 Å². The number of carbonyl (C=O) groups excluding carboxylic acids is 1. The summed E-state index contributed by atoms with van der Waals surface area (Å²) in [7, 11) is 1.04. The zero-order valence-corrected chi connectivity index (χ0v) is 9.67. The molecule has 0 amide bonds. The van der Waals surface area contributed by atoms with Crippen LogP contribution in [0.5, 0.6) is 11.5 Å². The van der Waals surface area contributed by atoms with Gasteiger partial charge in [0.25, 0.3) is 0 Å². The smallest absolute Gasteiger partial charge is 0.467 e. The lowest BCUT2D eigenvalue weighted by atomic mass is 10.0. The lowest BCUT2D eigenvalue weighted by Gasteiger charge is -2.16. The van der Waals surface area contributed by atoms with E-state index in [1.54, 1.807) is 0 Å². The molecule has 0 saturated heterocycles. The molecule has 0 aliphatic carbocycles. The van der Waals surface area contributed by atoms with Crippen LogP contribution in [0, 0.1) is 0 Å². The summed E-state index contributed by atoms with van der Waals surface area (Å²) in [6.45, 7) is 0. The quantitative estimate of drug-likeness (QED) is 0.785. The van der Waals surface area contributed by atoms with Crippen molar-refractivity contribution in [2.45, 2.75) is 18.5 Å². The molecule has 1 heterocycles. The van der Waals surface area contributed by atoms with Crippen molar-refractivity contribution in [2.75, 3.05) is 7.11 Å². The van der Waals surface area contributed by atoms with Crippen molar-refractivity contribution in [3.63, 3.8) is 0 Å². The minimum absolute atomic E-state index is 0.0120. The number of carbonyl (C=O) groups is 1. The van der Waals surface area contributed by atoms with E-state index in [1.165, 1.54) is 6.07 Å². The van der Waals surface area contributed by atoms with Crippen molar-refractivity contribution in [3.8, 4) is 11.5 Å². The number of fused-ring (bicyclic) bond motifs is 1. The molecular weight excluding hydrogens is 266 g/mol. The summed E-state index contributed by atoms with van der Waals surface area (Å²) in [4.78, 5) is 11.1. The normalized spacial score (nSPS) is 18.8. The fourth-order valence-electron chi connectivity index (χ4n) is 1.58. The molecule has 104 valence electrons. The van der Waals surface area contributed by atoms with E-state index >= 15 is 0 Å². The van der Waals surface area contributed by atoms with Crippen LogP contribution in [0.4, 0.5) is 8.78 Å². The SMILES string of the molecule is COC(=O)C(O)C(O)c1ccc2c(c1)OC(F)(F)O2. The van der Waals surface area contributed by atoms with E-state index in [0.717, 1.165) is 19.2 Å². The summed E-state index contributed by atoms with van der Waals surface area (Å²) >= 11 is 0. The molecule has 0 aromatic heterocycles. The first-order chi connectivity index (χ1) is 8.84. The summed E-state index contributed by atoms with van der Waals surface area (Å²) in [6.07, 6.45) is -7.23. The number of esters is 1. The molecule has 0 fully saturated rings. The molecule has 8 heteroatoms. The summed E-state index contributed by atoms with van der Waals surface area (Å²) in [5.74, 6) is -1.54. The monoisotopic (exact) mass is 276 g/mol. The largest absolute Gasteiger partial charge is 0.586 e. The molecule has 1 aromatic rings. The van der Waals surface area contributed by atoms with Crippen LogP contribution in [0.25, 0.3) is 0 Å². The van der Waals surface area contributed by atoms with Gasteiger partial charge in [-0.05, 0) is 17.7 Å². The molecule has 2 N–H and O–H groups in total. The van der Waals surface area contributed by atoms with E-state index < -0.39 is 24.5 Å². The van der Waals surface area contributed by atoms with Crippen LogP contribution < -0.4 is 9.47 Å². The first kappa shape index (κ1) is 13.5. The first-order valence-electron chi connectivity index (χ1n) is 5.18. The first-order valence-corrected chi connectivity index (χ1v) is 5.18. The number of methoxy groups -OCH3 is 1. The third-order valence-corrected chi connectivity index (χ3v) is 2.51. The predicted molar refractivity (Wildman–Crippen MR) is 55.6 cm³/mol. The highest BCUT2D eigenvalue weighted by molar-refractivity contribution is 5.75. The van der Waals surface area contributed by atoms with Crippen LogP contribution in [0.2, 0.25) is 0 Å². The van der Waals surface area contributed by atoms with E-state index in [1.807, 2.05) is 0 Å². The van der Waals surface area contributed by atoms with Gasteiger partial charge in [0, 0.05) is 0 Å². The number of aliphatic hydroxyl groups excluding tert-OH is 2. The van der Waals surface area contributed by atoms with Crippen LogP contribution in [-0.4, -0.2) is 35.7 Å². The van der Waals surface area contributed by atoms with Crippen molar-refractivity contribution in [1.29, 1.82) is 0 Å². The molecule has 0 radical (unpaired) electrons. The van der Waals surface area contributed by atoms with Crippen molar-refractivity contribution in [1.82, 2.24) is 0 Å². The van der Waals surface area contributed by atoms with E-state index in [2.05, 4.69) is 14.2 Å². The van der Waals surface area contributed by atoms with Gasteiger partial charge in [-0.2, -0.15) is 0 Å². The Hall–Kier alpha value is -1.93. The zero-order valence-electron chi connectivity index (χ0n) is 9.67. The Bertz CT molecular complexity index is 504. The third kappa shape index (κ3) is 2.59. The summed E-state index contributed by atoms with van der Waals surface area (Å²) in [5, 5.41) is 19.2. The molecule has 0 saturated carbocycles. The number of rotatable bonds is 3. The molecular formula is C11H10F2O6. The summed E-state index contributed by atoms with van der Waals surface area (Å²) in [6, 6.07) is 3.41. The maximum atomic E-state index is 12.8. The number of hydrogen-bond acceptors (Lipinski definition) is 6. The standard InChI is InChI=1S/C11H10F2O6/c1-17-10(16)9(15)8(14)5-2-3-6-7(4-5)19-11(12,13)18-6/h2-4,8-9,14-15H,1H3. The fourth-order valence-corrected chi connectivity index (χ4v) is 1.58. The second-order valence-corrected chi connectivity index (χ2v) is 3.79. The Labute approximate surface area is 106 Å². The lowest BCUT2D eigenvalue weighted by molar-refractivity contribution is -0.286. The van der Waals surface area contributed by atoms with Crippen molar-refractivity contribution in [3.05, 3.63) is 23.8 Å². The Balaban J connectivity index is 2.22. The van der Waals surface area contributed by atoms with Gasteiger partial charge < -0.3 is 24.4 Å². The molecule has 1 aliphatic rings. The molecule has 0 spiro atoms. The Morgan fingerprint density at radius 2 is 1.95 bits per heavy atom. The number of halogens is 2. The maximum Gasteiger partial charge on any atom is 0.586 e. The number of aliphatic hydroxyl groups is 2. The van der Waals surface area contributed by atoms with Gasteiger partial charge in [0.1, 0.15) is 6.10 Å². The Kier molecular flexibility index (Phi) is 3.29. The van der Waals surface area contributed by atoms with Crippen molar-refractivity contribution >= 4 is 5.97 Å². The summed E-state index contributed by atoms with van der Waals surface area (Å²) < 4.78 is 38.2. The van der Waals surface area contributed by atoms with E-state index in [0.29, 0.717) is 0 Å². The fraction of sp³-hybridized carbons (Fsp3) is 0.364. The molecule has 6 nitrogen and oxygen atoms in total. The topological polar surface area (TPSA) is 85.2 Å². The number of hydrogen-bond donors (Lipinski definition) is 2. The number of alkyl halides is 2. The van der Waals surface area contributed by atoms with Crippen LogP contribution >= 0.6 is 0 Å². The second kappa shape index (κ2) is 4.63. The minimum Gasteiger partial charge on any atom is -0.467 e. The molecule has 0 bridgehead atoms. The molecule has 2 unspecified atom stereocenters. The molecule has 2 atom stereocenters. The van der Waals surface area contributed by atoms with Gasteiger partial charge in [-0.15, -0.1) is 8.78 Å². The molecule has 2 rings (SSSR count). The van der Waals surface area contributed by atoms with E-state index in [4.69, 9.17) is 0 Å². The van der Waals surface area contributed by atoms with Crippen molar-refractivity contribution in [2.24, 2.45) is 0 Å². The minimum atomic E-state index is -3.77. The lowest BCUT2D eigenvalue weighted by Crippen LogP contribution is -2.29. The highest BCUT2D eigenvalue weighted by Gasteiger charge is 2.43. The highest BCUT2D eigenvalue weighted by Crippen LogP contribution is 2.42. The molecule has 1 aromatic carbocycles. The van der Waals surface area contributed by atoms with Crippen LogP contribution in [0.1, 0.15) is 11.7 Å². The van der Waals surface area contributed by atoms with Crippen LogP contribution in [0.3, 0.4) is 0 Å². The highest BCUT2D eigenvalue weighted by atomic mass is 19.3. The van der Waals surface area contributed by atoms with E-state index in [-0.39, 0.29) is 17.1 Å². The molecule has 1 aliphatic heterocycles. The van der Waals surface area contributed by atoms with Gasteiger partial charge in [-0.1, -0.05) is 6.07 Å². The second-order valence-electron chi connectivity index (χ2n) is 3.79. The van der Waals surface area contributed by atoms with Gasteiger partial charge in [0.2, 0.25) is 0 Å². The Morgan fingerprint density at radius 1 is 1.32 bits per heavy atom. The third-order valence-electron chi connectivity index (χ3n) is 2.51. The van der Waals surface area contributed by atoms with Crippen LogP contribution in [-0.2, 0) is 9.53 Å². The number of ether oxygens (including phenoxy) is 3. The van der Waals surface area contributed by atoms with E-state index in [9.17, 15) is 23.8 Å². The van der Waals surface area contributed by atoms with Gasteiger partial charge in [-0.25, -0.2) is 4.79 Å². The van der Waals surface area contributed by atoms with Crippen LogP contribution in [0.15, 0.2) is 18.2 Å². The van der Waals surface area contributed by atoms with Gasteiger partial charge in [0.05, 0.1) is 7.11 Å². The molecule has 19 heavy (non-hydrogen) atoms. The van der Waals surface area contributed by atoms with Gasteiger partial charge in [0.15, 0.2) is 17.6 Å². The van der Waals surface area contributed by atoms with Crippen molar-refractivity contribution < 1.29 is 38.0 Å². The zero-order chi connectivity index (χ0) is 14.2. The predicted octanol–water partition coefficient (Wildman–Crippen LogP) is 0.575. The summed E-state index contributed by atoms with van der Waals surface area (Å²) in [5.41, 5.74) is 0.0120. The average molecular weight is 276 g/mol. The average Bonchev–Trinajstić information content (AvgIpc) is 2.68.